The van der Waals surface area contributed by atoms with E-state index in [0.717, 1.165) is 243 Å². The van der Waals surface area contributed by atoms with Crippen molar-refractivity contribution in [2.45, 2.75) is 0 Å². The van der Waals surface area contributed by atoms with Gasteiger partial charge in [0.25, 0.3) is 0 Å². The van der Waals surface area contributed by atoms with Crippen LogP contribution in [0.5, 0.6) is 0 Å². The zero-order valence-corrected chi connectivity index (χ0v) is 80.9. The smallest absolute Gasteiger partial charge is 0.164 e. The molecule has 8 heterocycles. The van der Waals surface area contributed by atoms with E-state index < -0.39 is 0 Å². The first kappa shape index (κ1) is 86.3. The maximum Gasteiger partial charge on any atom is 0.164 e. The molecule has 150 heavy (non-hydrogen) atoms. The summed E-state index contributed by atoms with van der Waals surface area (Å²) in [6.07, 6.45) is 0. The van der Waals surface area contributed by atoms with Crippen LogP contribution in [0, 0.1) is 0 Å². The normalized spacial score (nSPS) is 11.7. The zero-order chi connectivity index (χ0) is 98.8. The second kappa shape index (κ2) is 35.9. The number of aromatic nitrogens is 10. The van der Waals surface area contributed by atoms with Crippen LogP contribution < -0.4 is 0 Å². The number of fused-ring (bicyclic) bond motifs is 22. The second-order valence-electron chi connectivity index (χ2n) is 38.2. The Bertz CT molecular complexity index is 10400. The summed E-state index contributed by atoms with van der Waals surface area (Å²) < 4.78 is 24.3. The lowest BCUT2D eigenvalue weighted by Gasteiger charge is -2.14. The van der Waals surface area contributed by atoms with Gasteiger partial charge in [-0.15, -0.1) is 0 Å². The molecule has 0 N–H and O–H groups in total. The standard InChI is InChI=1S/2C69H43N5O/c1-4-17-44(18-5-1)46-31-33-48(34-32-46)67-70-68(72-69(71-67)51-24-16-23-50(43-51)45-19-6-2-7-20-45)49-35-37-52(38-36-49)73-61-29-14-11-26-54(61)56-39-41-58-59-42-40-57-55-27-12-15-30-62(55)74(64(57)66(59)75-65(58)63(56)73)60-28-13-10-25-53(60)47-21-8-3-9-22-47;1-4-16-44(17-5-1)46-28-32-49(33-29-46)67-70-68(50-34-30-47(31-35-50)45-18-6-2-7-19-45)72-69(71-67)51-36-38-52(39-37-51)73-61-26-14-11-23-54(61)56-40-42-58-59-43-41-57-55-24-12-15-27-62(55)74(64(57)66(59)75-65(58)63(56)73)60-25-13-10-22-53(60)48-20-8-3-9-21-48/h2*1-43H. The fourth-order valence-electron chi connectivity index (χ4n) is 22.5. The van der Waals surface area contributed by atoms with Crippen LogP contribution >= 0.6 is 0 Å². The highest BCUT2D eigenvalue weighted by molar-refractivity contribution is 6.29. The SMILES string of the molecule is c1ccc(-c2ccc(-c3nc(-c4ccc(-c5ccccc5)cc4)nc(-c4ccc(-n5c6ccccc6c6ccc7c8ccc9c%10ccccc%10n(-c%10ccccc%10-c%10ccccc%10)c9c8oc7c65)cc4)n3)cc2)cc1.c1ccc(-c2ccc(-c3nc(-c4ccc(-n5c6ccccc6c6ccc7c8ccc9c%10ccccc%10n(-c%10ccccc%10-c%10ccccc%10)c9c8oc7c65)cc4)nc(-c4cccc(-c5ccccc5)c4)n3)cc2)cc1. The Labute approximate surface area is 861 Å². The second-order valence-corrected chi connectivity index (χ2v) is 38.2. The van der Waals surface area contributed by atoms with E-state index in [1.54, 1.807) is 0 Å². The van der Waals surface area contributed by atoms with Gasteiger partial charge in [0.2, 0.25) is 0 Å². The Morgan fingerprint density at radius 1 is 0.133 bits per heavy atom. The molecule has 0 aliphatic carbocycles. The molecule has 0 atom stereocenters. The molecule has 0 saturated carbocycles. The van der Waals surface area contributed by atoms with Crippen molar-refractivity contribution in [1.82, 2.24) is 48.2 Å². The first-order chi connectivity index (χ1) is 74.4. The van der Waals surface area contributed by atoms with Crippen molar-refractivity contribution in [3.05, 3.63) is 522 Å². The summed E-state index contributed by atoms with van der Waals surface area (Å²) in [4.78, 5) is 31.0. The number of hydrogen-bond donors (Lipinski definition) is 0. The Hall–Kier alpha value is -20.3. The lowest BCUT2D eigenvalue weighted by Crippen LogP contribution is -2.01. The summed E-state index contributed by atoms with van der Waals surface area (Å²) in [5, 5.41) is 13.4. The van der Waals surface area contributed by atoms with Crippen LogP contribution in [0.1, 0.15) is 0 Å². The topological polar surface area (TPSA) is 123 Å². The van der Waals surface area contributed by atoms with Crippen molar-refractivity contribution in [1.29, 1.82) is 0 Å². The molecule has 0 saturated heterocycles. The maximum absolute atomic E-state index is 7.41. The third-order valence-corrected chi connectivity index (χ3v) is 29.6. The van der Waals surface area contributed by atoms with Crippen LogP contribution in [0.3, 0.4) is 0 Å². The van der Waals surface area contributed by atoms with Crippen molar-refractivity contribution in [2.24, 2.45) is 0 Å². The zero-order valence-electron chi connectivity index (χ0n) is 80.9. The average Bonchev–Trinajstić information content (AvgIpc) is 1.54. The van der Waals surface area contributed by atoms with Crippen molar-refractivity contribution in [3.8, 4) is 158 Å². The molecular formula is C138H86N10O2. The average molecular weight is 1920 g/mol. The molecule has 0 bridgehead atoms. The van der Waals surface area contributed by atoms with Gasteiger partial charge < -0.3 is 27.1 Å². The van der Waals surface area contributed by atoms with E-state index in [0.29, 0.717) is 34.9 Å². The van der Waals surface area contributed by atoms with Gasteiger partial charge in [-0.25, -0.2) is 29.9 Å². The molecule has 8 aromatic heterocycles. The highest BCUT2D eigenvalue weighted by Crippen LogP contribution is 2.50. The van der Waals surface area contributed by atoms with E-state index in [-0.39, 0.29) is 0 Å². The monoisotopic (exact) mass is 1910 g/mol. The van der Waals surface area contributed by atoms with Gasteiger partial charge in [-0.1, -0.05) is 406 Å². The molecule has 30 rings (SSSR count). The van der Waals surface area contributed by atoms with Gasteiger partial charge in [-0.05, 0) is 171 Å². The summed E-state index contributed by atoms with van der Waals surface area (Å²) in [6, 6.07) is 184. The van der Waals surface area contributed by atoms with Crippen LogP contribution in [-0.2, 0) is 0 Å². The number of hydrogen-bond acceptors (Lipinski definition) is 8. The van der Waals surface area contributed by atoms with E-state index in [9.17, 15) is 0 Å². The summed E-state index contributed by atoms with van der Waals surface area (Å²) in [6.45, 7) is 0. The number of rotatable bonds is 16. The largest absolute Gasteiger partial charge is 0.452 e. The van der Waals surface area contributed by atoms with E-state index in [2.05, 4.69) is 516 Å². The molecule has 30 aromatic rings. The first-order valence-electron chi connectivity index (χ1n) is 50.7. The Morgan fingerprint density at radius 2 is 0.340 bits per heavy atom. The molecule has 12 heteroatoms. The van der Waals surface area contributed by atoms with Crippen molar-refractivity contribution in [3.63, 3.8) is 0 Å². The Balaban J connectivity index is 0.000000141. The van der Waals surface area contributed by atoms with Gasteiger partial charge in [0, 0.05) is 121 Å². The minimum Gasteiger partial charge on any atom is -0.452 e. The predicted molar refractivity (Wildman–Crippen MR) is 617 cm³/mol. The predicted octanol–water partition coefficient (Wildman–Crippen LogP) is 35.9. The van der Waals surface area contributed by atoms with Crippen LogP contribution in [0.4, 0.5) is 0 Å². The molecule has 700 valence electrons. The van der Waals surface area contributed by atoms with Gasteiger partial charge in [0.15, 0.2) is 57.3 Å². The summed E-state index contributed by atoms with van der Waals surface area (Å²) >= 11 is 0. The quantitative estimate of drug-likeness (QED) is 0.0937. The molecule has 0 fully saturated rings. The van der Waals surface area contributed by atoms with E-state index in [1.807, 2.05) is 24.3 Å². The summed E-state index contributed by atoms with van der Waals surface area (Å²) in [5.74, 6) is 3.62. The molecule has 0 radical (unpaired) electrons. The maximum atomic E-state index is 7.41. The summed E-state index contributed by atoms with van der Waals surface area (Å²) in [7, 11) is 0. The van der Waals surface area contributed by atoms with Crippen molar-refractivity contribution < 1.29 is 8.83 Å². The molecular weight excluding hydrogens is 1830 g/mol. The fourth-order valence-corrected chi connectivity index (χ4v) is 22.5. The lowest BCUT2D eigenvalue weighted by atomic mass is 10.0. The van der Waals surface area contributed by atoms with Gasteiger partial charge in [0.1, 0.15) is 0 Å². The van der Waals surface area contributed by atoms with Crippen molar-refractivity contribution in [2.75, 3.05) is 0 Å². The molecule has 0 aliphatic heterocycles. The molecule has 0 amide bonds. The molecule has 12 nitrogen and oxygen atoms in total. The number of nitrogens with zero attached hydrogens (tertiary/aromatic N) is 10. The van der Waals surface area contributed by atoms with Crippen LogP contribution in [0.15, 0.2) is 531 Å². The highest BCUT2D eigenvalue weighted by atomic mass is 16.3. The van der Waals surface area contributed by atoms with Crippen LogP contribution in [-0.4, -0.2) is 48.2 Å². The number of para-hydroxylation sites is 6. The van der Waals surface area contributed by atoms with Crippen LogP contribution in [0.2, 0.25) is 0 Å². The Morgan fingerprint density at radius 3 is 0.647 bits per heavy atom. The minimum absolute atomic E-state index is 0.592. The van der Waals surface area contributed by atoms with E-state index >= 15 is 0 Å². The van der Waals surface area contributed by atoms with E-state index in [1.165, 1.54) is 10.8 Å². The summed E-state index contributed by atoms with van der Waals surface area (Å²) in [5.41, 5.74) is 35.3. The fraction of sp³-hybridized carbons (Fsp3) is 0. The van der Waals surface area contributed by atoms with Gasteiger partial charge in [-0.3, -0.25) is 0 Å². The third-order valence-electron chi connectivity index (χ3n) is 29.6. The van der Waals surface area contributed by atoms with Gasteiger partial charge >= 0.3 is 0 Å². The van der Waals surface area contributed by atoms with Crippen LogP contribution in [0.25, 0.3) is 289 Å². The van der Waals surface area contributed by atoms with Crippen molar-refractivity contribution >= 4 is 131 Å². The number of furan rings is 2. The first-order valence-corrected chi connectivity index (χ1v) is 50.7. The van der Waals surface area contributed by atoms with E-state index in [4.69, 9.17) is 38.7 Å². The highest BCUT2D eigenvalue weighted by Gasteiger charge is 2.29. The van der Waals surface area contributed by atoms with Gasteiger partial charge in [0.05, 0.1) is 55.5 Å². The molecule has 0 spiro atoms. The molecule has 0 unspecified atom stereocenters. The minimum atomic E-state index is 0.592. The molecule has 22 aromatic carbocycles. The van der Waals surface area contributed by atoms with Gasteiger partial charge in [-0.2, -0.15) is 0 Å². The third kappa shape index (κ3) is 14.7. The molecule has 0 aliphatic rings. The lowest BCUT2D eigenvalue weighted by molar-refractivity contribution is 0.673. The number of benzene rings is 22. The Kier molecular flexibility index (Phi) is 20.7.